The number of halogens is 4. The van der Waals surface area contributed by atoms with Gasteiger partial charge in [-0.3, -0.25) is 0 Å². The summed E-state index contributed by atoms with van der Waals surface area (Å²) in [5, 5.41) is 0.926. The number of nitrogens with one attached hydrogen (secondary N) is 1. The molecular formula is C8H2Br4N2O4. The molecule has 1 heterocycles. The maximum Gasteiger partial charge on any atom is 0.444 e. The Morgan fingerprint density at radius 3 is 2.28 bits per heavy atom. The second-order valence-corrected chi connectivity index (χ2v) is 6.27. The van der Waals surface area contributed by atoms with Crippen LogP contribution in [0.1, 0.15) is 0 Å². The molecule has 18 heavy (non-hydrogen) atoms. The van der Waals surface area contributed by atoms with Crippen LogP contribution in [-0.4, -0.2) is 11.9 Å². The summed E-state index contributed by atoms with van der Waals surface area (Å²) in [7, 11) is 0. The molecule has 0 unspecified atom stereocenters. The van der Waals surface area contributed by atoms with Gasteiger partial charge in [-0.05, 0) is 75.4 Å². The molecule has 6 nitrogen and oxygen atoms in total. The third-order valence-corrected chi connectivity index (χ3v) is 5.74. The first-order valence-corrected chi connectivity index (χ1v) is 7.41. The molecule has 1 N–H and O–H groups in total. The Balaban J connectivity index is 2.43. The number of carbonyl (C=O) groups is 2. The Hall–Kier alpha value is -0.160. The molecule has 10 heteroatoms. The molecule has 2 rings (SSSR count). The Morgan fingerprint density at radius 2 is 1.67 bits per heavy atom. The lowest BCUT2D eigenvalue weighted by atomic mass is 10.3. The monoisotopic (exact) mass is 506 g/mol. The third kappa shape index (κ3) is 2.57. The molecule has 1 aromatic carbocycles. The number of hydrazine groups is 1. The minimum Gasteiger partial charge on any atom is -0.338 e. The average Bonchev–Trinajstić information content (AvgIpc) is 2.31. The molecular weight excluding hydrogens is 508 g/mol. The van der Waals surface area contributed by atoms with Crippen LogP contribution in [0, 0.1) is 0 Å². The largest absolute Gasteiger partial charge is 0.444 e. The van der Waals surface area contributed by atoms with Crippen LogP contribution in [0.15, 0.2) is 24.0 Å². The molecule has 0 radical (unpaired) electrons. The normalized spacial score (nSPS) is 15.4. The van der Waals surface area contributed by atoms with E-state index in [1.54, 1.807) is 6.07 Å². The molecule has 0 saturated carbocycles. The van der Waals surface area contributed by atoms with Crippen molar-refractivity contribution in [3.63, 3.8) is 0 Å². The standard InChI is InChI=1S/C8H2Br4N2O4/c9-2-1-3(10)6(5(12)4(2)11)14-13-17-7(15)8(16)18-14/h1,13H. The molecule has 0 spiro atoms. The Bertz CT molecular complexity index is 550. The zero-order chi connectivity index (χ0) is 13.4. The molecule has 1 fully saturated rings. The van der Waals surface area contributed by atoms with Crippen LogP contribution in [0.4, 0.5) is 5.69 Å². The summed E-state index contributed by atoms with van der Waals surface area (Å²) in [5.41, 5.74) is 2.61. The maximum absolute atomic E-state index is 11.1. The number of benzene rings is 1. The zero-order valence-electron chi connectivity index (χ0n) is 8.17. The predicted molar refractivity (Wildman–Crippen MR) is 75.0 cm³/mol. The Morgan fingerprint density at radius 1 is 1.00 bits per heavy atom. The summed E-state index contributed by atoms with van der Waals surface area (Å²) in [5.74, 6) is -2.23. The first-order chi connectivity index (χ1) is 8.41. The van der Waals surface area contributed by atoms with Gasteiger partial charge in [-0.15, -0.1) is 0 Å². The summed E-state index contributed by atoms with van der Waals surface area (Å²) in [6.07, 6.45) is 0. The second-order valence-electron chi connectivity index (χ2n) is 2.97. The highest BCUT2D eigenvalue weighted by atomic mass is 79.9. The molecule has 1 aliphatic heterocycles. The van der Waals surface area contributed by atoms with E-state index >= 15 is 0 Å². The number of anilines is 1. The van der Waals surface area contributed by atoms with E-state index in [9.17, 15) is 9.59 Å². The number of hydrogen-bond donors (Lipinski definition) is 1. The van der Waals surface area contributed by atoms with Crippen LogP contribution < -0.4 is 10.8 Å². The van der Waals surface area contributed by atoms with Gasteiger partial charge in [0.05, 0.1) is 4.47 Å². The van der Waals surface area contributed by atoms with Gasteiger partial charge in [0.25, 0.3) is 0 Å². The van der Waals surface area contributed by atoms with Gasteiger partial charge in [-0.1, -0.05) is 5.17 Å². The number of rotatable bonds is 1. The number of nitrogens with zero attached hydrogens (tertiary/aromatic N) is 1. The van der Waals surface area contributed by atoms with Gasteiger partial charge in [0.2, 0.25) is 0 Å². The fourth-order valence-electron chi connectivity index (χ4n) is 1.10. The predicted octanol–water partition coefficient (Wildman–Crippen LogP) is 2.98. The van der Waals surface area contributed by atoms with E-state index in [2.05, 4.69) is 74.1 Å². The highest BCUT2D eigenvalue weighted by Crippen LogP contribution is 2.43. The molecule has 1 aromatic rings. The fraction of sp³-hybridized carbons (Fsp3) is 0. The quantitative estimate of drug-likeness (QED) is 0.357. The molecule has 0 amide bonds. The van der Waals surface area contributed by atoms with Crippen molar-refractivity contribution in [3.8, 4) is 0 Å². The number of carbonyl (C=O) groups excluding carboxylic acids is 2. The van der Waals surface area contributed by atoms with E-state index in [1.165, 1.54) is 0 Å². The highest BCUT2D eigenvalue weighted by molar-refractivity contribution is 9.14. The van der Waals surface area contributed by atoms with Gasteiger partial charge in [0.1, 0.15) is 5.69 Å². The maximum atomic E-state index is 11.1. The lowest BCUT2D eigenvalue weighted by molar-refractivity contribution is -0.192. The van der Waals surface area contributed by atoms with Crippen molar-refractivity contribution in [3.05, 3.63) is 24.0 Å². The summed E-state index contributed by atoms with van der Waals surface area (Å²) < 4.78 is 2.67. The van der Waals surface area contributed by atoms with Crippen molar-refractivity contribution >= 4 is 81.3 Å². The van der Waals surface area contributed by atoms with E-state index in [0.717, 1.165) is 9.64 Å². The van der Waals surface area contributed by atoms with Crippen LogP contribution in [0.25, 0.3) is 0 Å². The number of hydrogen-bond acceptors (Lipinski definition) is 6. The molecule has 0 aromatic heterocycles. The van der Waals surface area contributed by atoms with Crippen LogP contribution in [0.2, 0.25) is 0 Å². The Kier molecular flexibility index (Phi) is 4.32. The van der Waals surface area contributed by atoms with E-state index in [0.29, 0.717) is 19.1 Å². The second kappa shape index (κ2) is 5.45. The average molecular weight is 510 g/mol. The van der Waals surface area contributed by atoms with Crippen LogP contribution in [0.5, 0.6) is 0 Å². The SMILES string of the molecule is O=C1ONN(c2c(Br)cc(Br)c(Br)c2Br)OC1=O. The summed E-state index contributed by atoms with van der Waals surface area (Å²) in [6.45, 7) is 0. The van der Waals surface area contributed by atoms with Gasteiger partial charge in [0.15, 0.2) is 0 Å². The van der Waals surface area contributed by atoms with Crippen molar-refractivity contribution in [2.45, 2.75) is 0 Å². The van der Waals surface area contributed by atoms with Gasteiger partial charge >= 0.3 is 11.9 Å². The fourth-order valence-corrected chi connectivity index (χ4v) is 3.84. The van der Waals surface area contributed by atoms with Gasteiger partial charge < -0.3 is 9.68 Å². The lowest BCUT2D eigenvalue weighted by Gasteiger charge is -2.27. The van der Waals surface area contributed by atoms with Crippen molar-refractivity contribution in [1.29, 1.82) is 0 Å². The first kappa shape index (κ1) is 14.3. The summed E-state index contributed by atoms with van der Waals surface area (Å²) in [4.78, 5) is 31.1. The molecule has 0 atom stereocenters. The minimum absolute atomic E-state index is 0.422. The smallest absolute Gasteiger partial charge is 0.338 e. The molecule has 0 aliphatic carbocycles. The first-order valence-electron chi connectivity index (χ1n) is 4.23. The molecule has 96 valence electrons. The van der Waals surface area contributed by atoms with Crippen molar-refractivity contribution < 1.29 is 19.3 Å². The van der Waals surface area contributed by atoms with Crippen molar-refractivity contribution in [2.75, 3.05) is 5.17 Å². The molecule has 0 bridgehead atoms. The lowest BCUT2D eigenvalue weighted by Crippen LogP contribution is -2.49. The third-order valence-electron chi connectivity index (χ3n) is 1.86. The topological polar surface area (TPSA) is 67.9 Å². The van der Waals surface area contributed by atoms with E-state index in [1.807, 2.05) is 0 Å². The van der Waals surface area contributed by atoms with Crippen molar-refractivity contribution in [2.24, 2.45) is 0 Å². The zero-order valence-corrected chi connectivity index (χ0v) is 14.5. The van der Waals surface area contributed by atoms with Crippen molar-refractivity contribution in [1.82, 2.24) is 5.59 Å². The van der Waals surface area contributed by atoms with Gasteiger partial charge in [-0.25, -0.2) is 9.59 Å². The Labute approximate surface area is 134 Å². The van der Waals surface area contributed by atoms with E-state index < -0.39 is 11.9 Å². The van der Waals surface area contributed by atoms with Gasteiger partial charge in [-0.2, -0.15) is 0 Å². The minimum atomic E-state index is -1.12. The summed E-state index contributed by atoms with van der Waals surface area (Å²) >= 11 is 13.3. The highest BCUT2D eigenvalue weighted by Gasteiger charge is 2.32. The van der Waals surface area contributed by atoms with Gasteiger partial charge in [0, 0.05) is 13.4 Å². The van der Waals surface area contributed by atoms with Crippen LogP contribution in [-0.2, 0) is 19.3 Å². The summed E-state index contributed by atoms with van der Waals surface area (Å²) in [6, 6.07) is 1.73. The molecule has 1 aliphatic rings. The van der Waals surface area contributed by atoms with Crippen LogP contribution >= 0.6 is 63.7 Å². The van der Waals surface area contributed by atoms with E-state index in [4.69, 9.17) is 4.84 Å². The van der Waals surface area contributed by atoms with E-state index in [-0.39, 0.29) is 0 Å². The van der Waals surface area contributed by atoms with Crippen LogP contribution in [0.3, 0.4) is 0 Å². The molecule has 1 saturated heterocycles.